The van der Waals surface area contributed by atoms with Crippen LogP contribution >= 0.6 is 0 Å². The number of fused-ring (bicyclic) bond motifs is 3. The van der Waals surface area contributed by atoms with Crippen molar-refractivity contribution in [3.63, 3.8) is 0 Å². The summed E-state index contributed by atoms with van der Waals surface area (Å²) in [5, 5.41) is 20.3. The standard InChI is InChI=1S/C24H31FN4O2/c1-5-16-10-23(9-14(2)19(16)30)11-17-7-6-15(12-26)8-18(17)24(23)20(31)29(21(27)28-24)13-22(3,4)25/h6-8,14,16,19,30H,5,9-11,13H2,1-4H3,(H2,27,28)/t14-,16+,19+,23+,24+/m0/s1. The van der Waals surface area contributed by atoms with Crippen LogP contribution in [-0.2, 0) is 16.8 Å². The molecule has 0 unspecified atom stereocenters. The highest BCUT2D eigenvalue weighted by Gasteiger charge is 2.68. The molecule has 0 radical (unpaired) electrons. The number of hydrogen-bond acceptors (Lipinski definition) is 5. The zero-order chi connectivity index (χ0) is 22.8. The van der Waals surface area contributed by atoms with E-state index >= 15 is 0 Å². The summed E-state index contributed by atoms with van der Waals surface area (Å²) in [7, 11) is 0. The van der Waals surface area contributed by atoms with Gasteiger partial charge in [0.15, 0.2) is 11.5 Å². The molecule has 1 aliphatic heterocycles. The lowest BCUT2D eigenvalue weighted by Crippen LogP contribution is -2.56. The number of rotatable bonds is 3. The Balaban J connectivity index is 1.92. The first-order valence-corrected chi connectivity index (χ1v) is 11.1. The van der Waals surface area contributed by atoms with E-state index in [-0.39, 0.29) is 30.2 Å². The largest absolute Gasteiger partial charge is 0.393 e. The molecule has 2 spiro atoms. The number of aliphatic imine (C=N–C) groups is 1. The summed E-state index contributed by atoms with van der Waals surface area (Å²) < 4.78 is 14.6. The van der Waals surface area contributed by atoms with E-state index in [1.165, 1.54) is 18.7 Å². The van der Waals surface area contributed by atoms with Gasteiger partial charge in [0, 0.05) is 5.41 Å². The number of aliphatic hydroxyl groups excluding tert-OH is 1. The third kappa shape index (κ3) is 3.07. The molecule has 1 saturated carbocycles. The summed E-state index contributed by atoms with van der Waals surface area (Å²) in [4.78, 5) is 20.1. The summed E-state index contributed by atoms with van der Waals surface area (Å²) in [5.74, 6) is -0.280. The van der Waals surface area contributed by atoms with Crippen LogP contribution < -0.4 is 5.73 Å². The molecule has 1 aromatic carbocycles. The fourth-order valence-electron chi connectivity index (χ4n) is 6.28. The molecular weight excluding hydrogens is 395 g/mol. The summed E-state index contributed by atoms with van der Waals surface area (Å²) in [6.07, 6.45) is 2.21. The highest BCUT2D eigenvalue weighted by molar-refractivity contribution is 6.08. The molecular formula is C24H31FN4O2. The number of amides is 1. The van der Waals surface area contributed by atoms with Crippen LogP contribution in [0.25, 0.3) is 0 Å². The van der Waals surface area contributed by atoms with Crippen LogP contribution in [0, 0.1) is 28.6 Å². The molecule has 3 N–H and O–H groups in total. The van der Waals surface area contributed by atoms with Crippen molar-refractivity contribution in [1.29, 1.82) is 5.26 Å². The van der Waals surface area contributed by atoms with E-state index in [1.54, 1.807) is 12.1 Å². The first kappa shape index (κ1) is 21.8. The molecule has 4 rings (SSSR count). The van der Waals surface area contributed by atoms with Gasteiger partial charge in [0.05, 0.1) is 24.3 Å². The van der Waals surface area contributed by atoms with Crippen molar-refractivity contribution in [2.75, 3.05) is 6.54 Å². The number of benzene rings is 1. The quantitative estimate of drug-likeness (QED) is 0.775. The molecule has 1 fully saturated rings. The van der Waals surface area contributed by atoms with Crippen LogP contribution in [-0.4, -0.2) is 40.2 Å². The summed E-state index contributed by atoms with van der Waals surface area (Å²) in [6.45, 7) is 6.71. The SMILES string of the molecule is CC[C@@H]1C[C@@]2(Cc3ccc(C#N)cc3[C@]23N=C(N)N(CC(C)(C)F)C3=O)C[C@H](C)[C@H]1O. The second-order valence-corrected chi connectivity index (χ2v) is 10.3. The number of alkyl halides is 1. The molecule has 1 aromatic rings. The maximum atomic E-state index is 14.6. The lowest BCUT2D eigenvalue weighted by molar-refractivity contribution is -0.142. The van der Waals surface area contributed by atoms with Gasteiger partial charge in [-0.1, -0.05) is 26.3 Å². The molecule has 7 heteroatoms. The number of carbonyl (C=O) groups excluding carboxylic acids is 1. The number of nitriles is 1. The number of hydrogen-bond donors (Lipinski definition) is 2. The third-order valence-corrected chi connectivity index (χ3v) is 7.53. The fraction of sp³-hybridized carbons (Fsp3) is 0.625. The molecule has 0 bridgehead atoms. The number of guanidine groups is 1. The van der Waals surface area contributed by atoms with E-state index in [9.17, 15) is 19.6 Å². The minimum absolute atomic E-state index is 0.0174. The van der Waals surface area contributed by atoms with Crippen molar-refractivity contribution in [1.82, 2.24) is 4.90 Å². The lowest BCUT2D eigenvalue weighted by Gasteiger charge is -2.50. The zero-order valence-corrected chi connectivity index (χ0v) is 18.7. The fourth-order valence-corrected chi connectivity index (χ4v) is 6.28. The van der Waals surface area contributed by atoms with Gasteiger partial charge in [0.2, 0.25) is 0 Å². The van der Waals surface area contributed by atoms with E-state index in [0.717, 1.165) is 12.0 Å². The third-order valence-electron chi connectivity index (χ3n) is 7.53. The molecule has 0 aromatic heterocycles. The van der Waals surface area contributed by atoms with Gasteiger partial charge in [-0.15, -0.1) is 0 Å². The van der Waals surface area contributed by atoms with Gasteiger partial charge < -0.3 is 10.8 Å². The summed E-state index contributed by atoms with van der Waals surface area (Å²) >= 11 is 0. The van der Waals surface area contributed by atoms with E-state index in [2.05, 4.69) is 6.07 Å². The van der Waals surface area contributed by atoms with Crippen molar-refractivity contribution >= 4 is 11.9 Å². The van der Waals surface area contributed by atoms with Crippen LogP contribution in [0.15, 0.2) is 23.2 Å². The Morgan fingerprint density at radius 2 is 2.13 bits per heavy atom. The molecule has 2 aliphatic carbocycles. The summed E-state index contributed by atoms with van der Waals surface area (Å²) in [6, 6.07) is 7.58. The van der Waals surface area contributed by atoms with E-state index in [0.29, 0.717) is 30.4 Å². The number of halogens is 1. The topological polar surface area (TPSA) is 103 Å². The Kier molecular flexibility index (Phi) is 4.93. The van der Waals surface area contributed by atoms with Gasteiger partial charge in [-0.2, -0.15) is 5.26 Å². The molecule has 5 atom stereocenters. The normalized spacial score (nSPS) is 34.9. The predicted octanol–water partition coefficient (Wildman–Crippen LogP) is 3.02. The monoisotopic (exact) mass is 426 g/mol. The van der Waals surface area contributed by atoms with Crippen LogP contribution in [0.2, 0.25) is 0 Å². The van der Waals surface area contributed by atoms with E-state index < -0.39 is 22.7 Å². The van der Waals surface area contributed by atoms with Gasteiger partial charge >= 0.3 is 0 Å². The predicted molar refractivity (Wildman–Crippen MR) is 116 cm³/mol. The maximum Gasteiger partial charge on any atom is 0.262 e. The molecule has 1 amide bonds. The Labute approximate surface area is 182 Å². The molecule has 0 saturated heterocycles. The number of carbonyl (C=O) groups is 1. The molecule has 6 nitrogen and oxygen atoms in total. The van der Waals surface area contributed by atoms with Crippen molar-refractivity contribution in [2.24, 2.45) is 28.0 Å². The van der Waals surface area contributed by atoms with Crippen LogP contribution in [0.4, 0.5) is 4.39 Å². The van der Waals surface area contributed by atoms with Crippen molar-refractivity contribution < 1.29 is 14.3 Å². The van der Waals surface area contributed by atoms with Crippen LogP contribution in [0.5, 0.6) is 0 Å². The van der Waals surface area contributed by atoms with Gasteiger partial charge in [-0.05, 0) is 68.2 Å². The minimum Gasteiger partial charge on any atom is -0.393 e. The smallest absolute Gasteiger partial charge is 0.262 e. The van der Waals surface area contributed by atoms with Gasteiger partial charge in [-0.3, -0.25) is 9.69 Å². The number of nitrogens with two attached hydrogens (primary N) is 1. The molecule has 3 aliphatic rings. The lowest BCUT2D eigenvalue weighted by atomic mass is 9.56. The Hall–Kier alpha value is -2.46. The first-order valence-electron chi connectivity index (χ1n) is 11.1. The van der Waals surface area contributed by atoms with Gasteiger partial charge in [0.1, 0.15) is 5.67 Å². The average Bonchev–Trinajstić information content (AvgIpc) is 3.10. The molecule has 31 heavy (non-hydrogen) atoms. The maximum absolute atomic E-state index is 14.6. The van der Waals surface area contributed by atoms with Crippen LogP contribution in [0.1, 0.15) is 63.6 Å². The second-order valence-electron chi connectivity index (χ2n) is 10.3. The van der Waals surface area contributed by atoms with Crippen molar-refractivity contribution in [3.05, 3.63) is 34.9 Å². The van der Waals surface area contributed by atoms with Crippen molar-refractivity contribution in [2.45, 2.75) is 70.7 Å². The Morgan fingerprint density at radius 3 is 2.74 bits per heavy atom. The second kappa shape index (κ2) is 7.03. The van der Waals surface area contributed by atoms with Gasteiger partial charge in [-0.25, -0.2) is 9.38 Å². The Morgan fingerprint density at radius 1 is 1.42 bits per heavy atom. The minimum atomic E-state index is -1.63. The number of nitrogens with zero attached hydrogens (tertiary/aromatic N) is 3. The molecule has 166 valence electrons. The van der Waals surface area contributed by atoms with Crippen molar-refractivity contribution in [3.8, 4) is 6.07 Å². The van der Waals surface area contributed by atoms with Crippen LogP contribution in [0.3, 0.4) is 0 Å². The highest BCUT2D eigenvalue weighted by atomic mass is 19.1. The highest BCUT2D eigenvalue weighted by Crippen LogP contribution is 2.63. The molecule has 1 heterocycles. The first-order chi connectivity index (χ1) is 14.5. The van der Waals surface area contributed by atoms with E-state index in [4.69, 9.17) is 10.7 Å². The average molecular weight is 427 g/mol. The van der Waals surface area contributed by atoms with E-state index in [1.807, 2.05) is 19.9 Å². The number of aliphatic hydroxyl groups is 1. The zero-order valence-electron chi connectivity index (χ0n) is 18.7. The van der Waals surface area contributed by atoms with Gasteiger partial charge in [0.25, 0.3) is 5.91 Å². The summed E-state index contributed by atoms with van der Waals surface area (Å²) in [5.41, 5.74) is 4.90. The Bertz CT molecular complexity index is 994.